The number of hydrogen-bond donors (Lipinski definition) is 1. The molecule has 0 spiro atoms. The summed E-state index contributed by atoms with van der Waals surface area (Å²) < 4.78 is 1.19. The fraction of sp³-hybridized carbons (Fsp3) is 0.571. The van der Waals surface area contributed by atoms with Gasteiger partial charge >= 0.3 is 0 Å². The van der Waals surface area contributed by atoms with Gasteiger partial charge in [0.15, 0.2) is 0 Å². The van der Waals surface area contributed by atoms with Gasteiger partial charge in [-0.05, 0) is 55.4 Å². The summed E-state index contributed by atoms with van der Waals surface area (Å²) in [6.07, 6.45) is 2.65. The standard InChI is InChI=1S/C14H20BrN/c1-9(2)11-7-13(8-11)16-12-4-5-14(15)10(3)6-12/h4-6,9,11,13,16H,7-8H2,1-3H3. The number of anilines is 1. The highest BCUT2D eigenvalue weighted by atomic mass is 79.9. The van der Waals surface area contributed by atoms with Gasteiger partial charge in [-0.2, -0.15) is 0 Å². The maximum absolute atomic E-state index is 3.61. The molecule has 88 valence electrons. The van der Waals surface area contributed by atoms with Crippen molar-refractivity contribution in [3.05, 3.63) is 28.2 Å². The molecule has 0 radical (unpaired) electrons. The first kappa shape index (κ1) is 12.0. The van der Waals surface area contributed by atoms with Gasteiger partial charge in [0.05, 0.1) is 0 Å². The average molecular weight is 282 g/mol. The summed E-state index contributed by atoms with van der Waals surface area (Å²) in [5.74, 6) is 1.76. The molecule has 1 aromatic rings. The summed E-state index contributed by atoms with van der Waals surface area (Å²) in [4.78, 5) is 0. The minimum Gasteiger partial charge on any atom is -0.382 e. The van der Waals surface area contributed by atoms with E-state index in [1.54, 1.807) is 0 Å². The topological polar surface area (TPSA) is 12.0 Å². The van der Waals surface area contributed by atoms with Crippen LogP contribution in [0.4, 0.5) is 5.69 Å². The molecular weight excluding hydrogens is 262 g/mol. The second kappa shape index (κ2) is 4.79. The van der Waals surface area contributed by atoms with Gasteiger partial charge in [-0.1, -0.05) is 29.8 Å². The van der Waals surface area contributed by atoms with Gasteiger partial charge in [0.1, 0.15) is 0 Å². The summed E-state index contributed by atoms with van der Waals surface area (Å²) in [6, 6.07) is 7.18. The van der Waals surface area contributed by atoms with E-state index in [-0.39, 0.29) is 0 Å². The van der Waals surface area contributed by atoms with Gasteiger partial charge in [0, 0.05) is 16.2 Å². The lowest BCUT2D eigenvalue weighted by molar-refractivity contribution is 0.212. The first-order valence-electron chi connectivity index (χ1n) is 6.09. The molecule has 0 amide bonds. The molecular formula is C14H20BrN. The predicted molar refractivity (Wildman–Crippen MR) is 73.9 cm³/mol. The highest BCUT2D eigenvalue weighted by molar-refractivity contribution is 9.10. The largest absolute Gasteiger partial charge is 0.382 e. The molecule has 0 bridgehead atoms. The first-order chi connectivity index (χ1) is 7.56. The maximum atomic E-state index is 3.61. The van der Waals surface area contributed by atoms with Crippen LogP contribution in [0.5, 0.6) is 0 Å². The Bertz CT molecular complexity index is 367. The molecule has 0 aliphatic heterocycles. The van der Waals surface area contributed by atoms with Crippen LogP contribution in [0.25, 0.3) is 0 Å². The number of halogens is 1. The number of hydrogen-bond acceptors (Lipinski definition) is 1. The van der Waals surface area contributed by atoms with Crippen LogP contribution < -0.4 is 5.32 Å². The third-order valence-corrected chi connectivity index (χ3v) is 4.54. The molecule has 1 fully saturated rings. The van der Waals surface area contributed by atoms with Crippen molar-refractivity contribution in [2.24, 2.45) is 11.8 Å². The quantitative estimate of drug-likeness (QED) is 0.854. The Morgan fingerprint density at radius 3 is 2.56 bits per heavy atom. The molecule has 1 saturated carbocycles. The van der Waals surface area contributed by atoms with E-state index in [0.29, 0.717) is 6.04 Å². The van der Waals surface area contributed by atoms with E-state index in [2.05, 4.69) is 60.2 Å². The minimum atomic E-state index is 0.688. The Kier molecular flexibility index (Phi) is 3.58. The highest BCUT2D eigenvalue weighted by Crippen LogP contribution is 2.35. The van der Waals surface area contributed by atoms with E-state index in [1.165, 1.54) is 28.6 Å². The number of nitrogens with one attached hydrogen (secondary N) is 1. The monoisotopic (exact) mass is 281 g/mol. The Morgan fingerprint density at radius 2 is 2.00 bits per heavy atom. The molecule has 1 nitrogen and oxygen atoms in total. The van der Waals surface area contributed by atoms with E-state index in [9.17, 15) is 0 Å². The third-order valence-electron chi connectivity index (χ3n) is 3.65. The molecule has 1 aliphatic carbocycles. The zero-order valence-corrected chi connectivity index (χ0v) is 11.8. The van der Waals surface area contributed by atoms with Crippen LogP contribution in [0.2, 0.25) is 0 Å². The molecule has 1 aliphatic rings. The lowest BCUT2D eigenvalue weighted by Crippen LogP contribution is -2.37. The molecule has 0 saturated heterocycles. The lowest BCUT2D eigenvalue weighted by atomic mass is 9.73. The number of benzene rings is 1. The van der Waals surface area contributed by atoms with Gasteiger partial charge in [0.2, 0.25) is 0 Å². The van der Waals surface area contributed by atoms with Crippen molar-refractivity contribution in [2.75, 3.05) is 5.32 Å². The predicted octanol–water partition coefficient (Wildman–Crippen LogP) is 4.60. The van der Waals surface area contributed by atoms with Crippen molar-refractivity contribution < 1.29 is 0 Å². The average Bonchev–Trinajstić information content (AvgIpc) is 2.15. The second-order valence-corrected chi connectivity index (χ2v) is 6.14. The van der Waals surface area contributed by atoms with Crippen molar-refractivity contribution in [2.45, 2.75) is 39.7 Å². The van der Waals surface area contributed by atoms with Crippen molar-refractivity contribution in [3.63, 3.8) is 0 Å². The Morgan fingerprint density at radius 1 is 1.31 bits per heavy atom. The Labute approximate surface area is 107 Å². The molecule has 0 heterocycles. The molecule has 1 N–H and O–H groups in total. The van der Waals surface area contributed by atoms with E-state index in [1.807, 2.05) is 0 Å². The minimum absolute atomic E-state index is 0.688. The third kappa shape index (κ3) is 2.60. The summed E-state index contributed by atoms with van der Waals surface area (Å²) >= 11 is 3.53. The van der Waals surface area contributed by atoms with Crippen LogP contribution in [0.3, 0.4) is 0 Å². The Balaban J connectivity index is 1.89. The van der Waals surface area contributed by atoms with Crippen LogP contribution >= 0.6 is 15.9 Å². The normalized spacial score (nSPS) is 24.3. The fourth-order valence-corrected chi connectivity index (χ4v) is 2.54. The van der Waals surface area contributed by atoms with Crippen molar-refractivity contribution in [3.8, 4) is 0 Å². The second-order valence-electron chi connectivity index (χ2n) is 5.28. The van der Waals surface area contributed by atoms with Crippen LogP contribution in [-0.4, -0.2) is 6.04 Å². The van der Waals surface area contributed by atoms with Gasteiger partial charge < -0.3 is 5.32 Å². The molecule has 2 rings (SSSR count). The molecule has 16 heavy (non-hydrogen) atoms. The smallest absolute Gasteiger partial charge is 0.0345 e. The Hall–Kier alpha value is -0.500. The summed E-state index contributed by atoms with van der Waals surface area (Å²) in [5.41, 5.74) is 2.55. The van der Waals surface area contributed by atoms with Gasteiger partial charge in [-0.25, -0.2) is 0 Å². The first-order valence-corrected chi connectivity index (χ1v) is 6.88. The fourth-order valence-electron chi connectivity index (χ4n) is 2.29. The van der Waals surface area contributed by atoms with Crippen LogP contribution in [0.1, 0.15) is 32.3 Å². The SMILES string of the molecule is Cc1cc(NC2CC(C(C)C)C2)ccc1Br. The van der Waals surface area contributed by atoms with E-state index < -0.39 is 0 Å². The summed E-state index contributed by atoms with van der Waals surface area (Å²) in [7, 11) is 0. The van der Waals surface area contributed by atoms with E-state index in [0.717, 1.165) is 11.8 Å². The number of rotatable bonds is 3. The van der Waals surface area contributed by atoms with Gasteiger partial charge in [-0.3, -0.25) is 0 Å². The van der Waals surface area contributed by atoms with Crippen molar-refractivity contribution >= 4 is 21.6 Å². The van der Waals surface area contributed by atoms with Crippen molar-refractivity contribution in [1.82, 2.24) is 0 Å². The molecule has 1 aromatic carbocycles. The summed E-state index contributed by atoms with van der Waals surface area (Å²) in [6.45, 7) is 6.78. The van der Waals surface area contributed by atoms with Gasteiger partial charge in [0.25, 0.3) is 0 Å². The number of aryl methyl sites for hydroxylation is 1. The van der Waals surface area contributed by atoms with Crippen LogP contribution in [0.15, 0.2) is 22.7 Å². The molecule has 0 unspecified atom stereocenters. The molecule has 0 aromatic heterocycles. The molecule has 0 atom stereocenters. The zero-order chi connectivity index (χ0) is 11.7. The van der Waals surface area contributed by atoms with Crippen LogP contribution in [0, 0.1) is 18.8 Å². The highest BCUT2D eigenvalue weighted by Gasteiger charge is 2.30. The van der Waals surface area contributed by atoms with E-state index >= 15 is 0 Å². The lowest BCUT2D eigenvalue weighted by Gasteiger charge is -2.39. The van der Waals surface area contributed by atoms with Crippen molar-refractivity contribution in [1.29, 1.82) is 0 Å². The maximum Gasteiger partial charge on any atom is 0.0345 e. The zero-order valence-electron chi connectivity index (χ0n) is 10.3. The van der Waals surface area contributed by atoms with E-state index in [4.69, 9.17) is 0 Å². The van der Waals surface area contributed by atoms with Crippen LogP contribution in [-0.2, 0) is 0 Å². The van der Waals surface area contributed by atoms with Gasteiger partial charge in [-0.15, -0.1) is 0 Å². The summed E-state index contributed by atoms with van der Waals surface area (Å²) in [5, 5.41) is 3.61. The molecule has 2 heteroatoms.